The molecule has 0 saturated heterocycles. The van der Waals surface area contributed by atoms with Crippen molar-refractivity contribution in [1.29, 1.82) is 0 Å². The Morgan fingerprint density at radius 2 is 0.966 bits per heavy atom. The Balaban J connectivity index is 0.0000160. The highest BCUT2D eigenvalue weighted by Gasteiger charge is 2.30. The molecule has 1 aromatic carbocycles. The minimum Gasteiger partial charge on any atom is -0.425 e. The summed E-state index contributed by atoms with van der Waals surface area (Å²) in [5, 5.41) is 8.37. The molecule has 58 heavy (non-hydrogen) atoms. The van der Waals surface area contributed by atoms with Gasteiger partial charge in [-0.2, -0.15) is 0 Å². The quantitative estimate of drug-likeness (QED) is 0.0261. The van der Waals surface area contributed by atoms with Crippen LogP contribution in [0.1, 0.15) is 19.4 Å². The molecule has 1 rings (SSSR count). The minimum absolute atomic E-state index is 0.0925. The second-order valence-corrected chi connectivity index (χ2v) is 13.7. The van der Waals surface area contributed by atoms with E-state index in [0.717, 1.165) is 0 Å². The van der Waals surface area contributed by atoms with Gasteiger partial charge in [0.2, 0.25) is 17.7 Å². The first-order valence-corrected chi connectivity index (χ1v) is 21.0. The van der Waals surface area contributed by atoms with E-state index in [9.17, 15) is 18.9 Å². The van der Waals surface area contributed by atoms with Gasteiger partial charge in [-0.1, -0.05) is 26.0 Å². The summed E-state index contributed by atoms with van der Waals surface area (Å²) in [7, 11) is -2.03. The number of nitrogens with one attached hydrogen (secondary N) is 3. The van der Waals surface area contributed by atoms with Crippen LogP contribution in [0.25, 0.3) is 0 Å². The van der Waals surface area contributed by atoms with Crippen molar-refractivity contribution in [2.75, 3.05) is 146 Å². The number of nitrogens with two attached hydrogens (primary N) is 3. The first kappa shape index (κ1) is 55.1. The van der Waals surface area contributed by atoms with Gasteiger partial charge in [0.1, 0.15) is 5.75 Å². The smallest absolute Gasteiger partial charge is 0.375 e. The van der Waals surface area contributed by atoms with Crippen molar-refractivity contribution >= 4 is 25.3 Å². The van der Waals surface area contributed by atoms with Gasteiger partial charge in [-0.3, -0.25) is 19.3 Å². The molecule has 22 nitrogen and oxygen atoms in total. The molecular weight excluding hydrogens is 789 g/mol. The van der Waals surface area contributed by atoms with Gasteiger partial charge < -0.3 is 67.9 Å². The van der Waals surface area contributed by atoms with E-state index in [4.69, 9.17) is 55.2 Å². The normalized spacial score (nSPS) is 12.6. The molecule has 23 heteroatoms. The number of hydrogen-bond donors (Lipinski definition) is 6. The maximum Gasteiger partial charge on any atom is 0.375 e. The molecule has 0 saturated carbocycles. The summed E-state index contributed by atoms with van der Waals surface area (Å²) in [6.07, 6.45) is 0.0925. The molecule has 2 atom stereocenters. The van der Waals surface area contributed by atoms with E-state index in [0.29, 0.717) is 64.2 Å². The average Bonchev–Trinajstić information content (AvgIpc) is 3.22. The van der Waals surface area contributed by atoms with Crippen molar-refractivity contribution in [2.45, 2.75) is 26.3 Å². The van der Waals surface area contributed by atoms with Crippen molar-refractivity contribution < 1.29 is 70.9 Å². The van der Waals surface area contributed by atoms with Crippen LogP contribution in [0.3, 0.4) is 0 Å². The first-order valence-electron chi connectivity index (χ1n) is 19.0. The lowest BCUT2D eigenvalue weighted by Crippen LogP contribution is -2.54. The fraction of sp³-hybridized carbons (Fsp3) is 0.743. The van der Waals surface area contributed by atoms with E-state index < -0.39 is 31.4 Å². The van der Waals surface area contributed by atoms with Crippen LogP contribution in [0.4, 0.5) is 0 Å². The number of ether oxygens (including phenoxy) is 6. The number of carbonyl (C=O) groups excluding carboxylic acids is 3. The van der Waals surface area contributed by atoms with Crippen LogP contribution in [-0.4, -0.2) is 174 Å². The molecule has 1 aromatic rings. The summed E-state index contributed by atoms with van der Waals surface area (Å²) in [5.74, 6) is 13.9. The van der Waals surface area contributed by atoms with Crippen LogP contribution < -0.4 is 38.2 Å². The van der Waals surface area contributed by atoms with Gasteiger partial charge in [-0.15, -0.1) is 0 Å². The third-order valence-corrected chi connectivity index (χ3v) is 8.43. The molecule has 0 fully saturated rings. The highest BCUT2D eigenvalue weighted by Crippen LogP contribution is 2.43. The van der Waals surface area contributed by atoms with Crippen molar-refractivity contribution in [1.82, 2.24) is 20.9 Å². The lowest BCUT2D eigenvalue weighted by Gasteiger charge is -2.30. The molecule has 0 spiro atoms. The average molecular weight is 858 g/mol. The highest BCUT2D eigenvalue weighted by molar-refractivity contribution is 7.53. The monoisotopic (exact) mass is 857 g/mol. The molecule has 0 radical (unpaired) electrons. The number of hydrogen-bond acceptors (Lipinski definition) is 19. The van der Waals surface area contributed by atoms with Crippen molar-refractivity contribution in [2.24, 2.45) is 17.7 Å². The van der Waals surface area contributed by atoms with E-state index in [2.05, 4.69) is 30.5 Å². The summed E-state index contributed by atoms with van der Waals surface area (Å²) in [4.78, 5) is 55.0. The Labute approximate surface area is 342 Å². The van der Waals surface area contributed by atoms with Crippen LogP contribution >= 0.6 is 7.60 Å². The summed E-state index contributed by atoms with van der Waals surface area (Å²) < 4.78 is 55.1. The largest absolute Gasteiger partial charge is 0.425 e. The van der Waals surface area contributed by atoms with Crippen LogP contribution in [0, 0.1) is 0 Å². The summed E-state index contributed by atoms with van der Waals surface area (Å²) >= 11 is 0. The first-order chi connectivity index (χ1) is 28.1. The number of benzene rings is 1. The predicted molar refractivity (Wildman–Crippen MR) is 212 cm³/mol. The molecule has 0 aliphatic rings. The second-order valence-electron chi connectivity index (χ2n) is 11.6. The molecule has 0 heterocycles. The molecular formula is C35H68N7O15P. The van der Waals surface area contributed by atoms with Gasteiger partial charge in [-0.25, -0.2) is 22.3 Å². The third kappa shape index (κ3) is 31.1. The van der Waals surface area contributed by atoms with Gasteiger partial charge in [0.25, 0.3) is 0 Å². The van der Waals surface area contributed by atoms with Gasteiger partial charge in [0.05, 0.1) is 118 Å². The minimum atomic E-state index is -3.31. The Bertz CT molecular complexity index is 1180. The molecule has 2 unspecified atom stereocenters. The molecule has 0 aliphatic carbocycles. The molecule has 9 N–H and O–H groups in total. The molecule has 338 valence electrons. The van der Waals surface area contributed by atoms with Crippen molar-refractivity contribution in [3.63, 3.8) is 0 Å². The standard InChI is InChI=1S/C33H62N7O15P.C2H6/c1-45-56(2,44)55-29-5-3-28(4-6-29)25-30(33(43)39-9-12-48-15-18-51-21-24-54-36)40(26-31(41)37-7-10-46-13-16-49-19-22-52-34)27-32(42)38-8-11-47-14-17-50-20-23-53-35;1-2/h3-6,30H,7-27,34-36H2,1-2H3,(H,37,41)(H,38,42)(H,39,43);1-2H3. The number of rotatable bonds is 38. The number of nitrogens with zero attached hydrogens (tertiary/aromatic N) is 1. The maximum atomic E-state index is 13.8. The lowest BCUT2D eigenvalue weighted by atomic mass is 10.0. The fourth-order valence-corrected chi connectivity index (χ4v) is 5.04. The van der Waals surface area contributed by atoms with Crippen LogP contribution in [0.5, 0.6) is 5.75 Å². The summed E-state index contributed by atoms with van der Waals surface area (Å²) in [5.41, 5.74) is 0.670. The molecule has 0 aliphatic heterocycles. The Kier molecular flexibility index (Phi) is 36.4. The Morgan fingerprint density at radius 3 is 1.34 bits per heavy atom. The zero-order valence-electron chi connectivity index (χ0n) is 34.5. The molecule has 0 aromatic heterocycles. The second kappa shape index (κ2) is 38.3. The summed E-state index contributed by atoms with van der Waals surface area (Å²) in [6, 6.07) is 5.57. The zero-order chi connectivity index (χ0) is 43.1. The van der Waals surface area contributed by atoms with Gasteiger partial charge >= 0.3 is 7.60 Å². The van der Waals surface area contributed by atoms with E-state index in [1.54, 1.807) is 24.3 Å². The highest BCUT2D eigenvalue weighted by atomic mass is 31.2. The van der Waals surface area contributed by atoms with Gasteiger partial charge in [0, 0.05) is 33.4 Å². The van der Waals surface area contributed by atoms with Crippen LogP contribution in [0.2, 0.25) is 0 Å². The Morgan fingerprint density at radius 1 is 0.603 bits per heavy atom. The van der Waals surface area contributed by atoms with Gasteiger partial charge in [-0.05, 0) is 24.1 Å². The summed E-state index contributed by atoms with van der Waals surface area (Å²) in [6.45, 7) is 9.32. The fourth-order valence-electron chi connectivity index (χ4n) is 4.46. The Hall–Kier alpha value is -2.90. The van der Waals surface area contributed by atoms with Crippen LogP contribution in [-0.2, 0) is 72.8 Å². The SMILES string of the molecule is CC.COP(C)(=O)Oc1ccc(CC(C(=O)NCCOCCOCCON)N(CC(=O)NCCOCCOCCON)CC(=O)NCCOCCOCCON)cc1. The molecule has 3 amide bonds. The maximum absolute atomic E-state index is 13.8. The van der Waals surface area contributed by atoms with Crippen molar-refractivity contribution in [3.8, 4) is 5.75 Å². The molecule has 0 bridgehead atoms. The van der Waals surface area contributed by atoms with E-state index >= 15 is 0 Å². The van der Waals surface area contributed by atoms with E-state index in [-0.39, 0.29) is 85.4 Å². The van der Waals surface area contributed by atoms with E-state index in [1.807, 2.05) is 13.8 Å². The van der Waals surface area contributed by atoms with E-state index in [1.165, 1.54) is 18.7 Å². The predicted octanol–water partition coefficient (Wildman–Crippen LogP) is -1.11. The number of carbonyl (C=O) groups is 3. The zero-order valence-corrected chi connectivity index (χ0v) is 35.4. The van der Waals surface area contributed by atoms with Gasteiger partial charge in [0.15, 0.2) is 0 Å². The lowest BCUT2D eigenvalue weighted by molar-refractivity contribution is -0.131. The third-order valence-electron chi connectivity index (χ3n) is 7.23. The van der Waals surface area contributed by atoms with Crippen molar-refractivity contribution in [3.05, 3.63) is 29.8 Å². The topological polar surface area (TPSA) is 287 Å². The number of amides is 3. The van der Waals surface area contributed by atoms with Crippen LogP contribution in [0.15, 0.2) is 24.3 Å².